The minimum absolute atomic E-state index is 0.0745. The maximum atomic E-state index is 12.4. The molecule has 8 nitrogen and oxygen atoms in total. The predicted octanol–water partition coefficient (Wildman–Crippen LogP) is 4.81. The van der Waals surface area contributed by atoms with E-state index in [4.69, 9.17) is 9.47 Å². The summed E-state index contributed by atoms with van der Waals surface area (Å²) in [5, 5.41) is 10.8. The fourth-order valence-corrected chi connectivity index (χ4v) is 3.38. The highest BCUT2D eigenvalue weighted by atomic mass is 16.7. The lowest BCUT2D eigenvalue weighted by Crippen LogP contribution is -2.41. The molecule has 0 fully saturated rings. The van der Waals surface area contributed by atoms with Crippen LogP contribution in [0.2, 0.25) is 0 Å². The maximum absolute atomic E-state index is 12.4. The van der Waals surface area contributed by atoms with Crippen LogP contribution in [-0.4, -0.2) is 47.2 Å². The van der Waals surface area contributed by atoms with E-state index in [0.717, 1.165) is 6.42 Å². The number of ether oxygens (including phenoxy) is 2. The van der Waals surface area contributed by atoms with Crippen molar-refractivity contribution in [2.24, 2.45) is 5.41 Å². The van der Waals surface area contributed by atoms with Gasteiger partial charge in [0, 0.05) is 42.9 Å². The summed E-state index contributed by atoms with van der Waals surface area (Å²) in [7, 11) is 2.05. The molecule has 8 heteroatoms. The van der Waals surface area contributed by atoms with Crippen molar-refractivity contribution in [1.82, 2.24) is 9.80 Å². The summed E-state index contributed by atoms with van der Waals surface area (Å²) < 4.78 is 10.9. The van der Waals surface area contributed by atoms with E-state index in [9.17, 15) is 14.9 Å². The zero-order valence-electron chi connectivity index (χ0n) is 18.9. The van der Waals surface area contributed by atoms with Gasteiger partial charge < -0.3 is 19.3 Å². The summed E-state index contributed by atoms with van der Waals surface area (Å²) in [5.74, 6) is 0.194. The van der Waals surface area contributed by atoms with E-state index in [1.807, 2.05) is 46.0 Å². The first-order valence-electron chi connectivity index (χ1n) is 10.4. The smallest absolute Gasteiger partial charge is 0.428 e. The Kier molecular flexibility index (Phi) is 7.02. The van der Waals surface area contributed by atoms with Gasteiger partial charge in [-0.2, -0.15) is 0 Å². The van der Waals surface area contributed by atoms with E-state index in [1.165, 1.54) is 35.5 Å². The molecule has 3 rings (SSSR count). The van der Waals surface area contributed by atoms with Crippen LogP contribution in [0.3, 0.4) is 0 Å². The van der Waals surface area contributed by atoms with Crippen molar-refractivity contribution in [2.75, 3.05) is 20.3 Å². The molecule has 0 spiro atoms. The average molecular weight is 440 g/mol. The molecule has 1 atom stereocenters. The Morgan fingerprint density at radius 2 is 1.78 bits per heavy atom. The summed E-state index contributed by atoms with van der Waals surface area (Å²) in [6.45, 7) is 7.23. The Hall–Kier alpha value is -3.55. The van der Waals surface area contributed by atoms with Crippen molar-refractivity contribution < 1.29 is 19.2 Å². The largest absolute Gasteiger partial charge is 0.514 e. The number of nitrogens with zero attached hydrogens (tertiary/aromatic N) is 3. The molecule has 2 aromatic rings. The molecule has 0 aliphatic carbocycles. The predicted molar refractivity (Wildman–Crippen MR) is 121 cm³/mol. The van der Waals surface area contributed by atoms with E-state index in [0.29, 0.717) is 13.2 Å². The molecule has 32 heavy (non-hydrogen) atoms. The quantitative estimate of drug-likeness (QED) is 0.265. The Balaban J connectivity index is 1.62. The van der Waals surface area contributed by atoms with Crippen LogP contribution in [0.25, 0.3) is 0 Å². The van der Waals surface area contributed by atoms with Gasteiger partial charge in [-0.15, -0.1) is 0 Å². The van der Waals surface area contributed by atoms with Gasteiger partial charge in [-0.05, 0) is 17.7 Å². The number of rotatable bonds is 7. The highest BCUT2D eigenvalue weighted by molar-refractivity contribution is 5.64. The lowest BCUT2D eigenvalue weighted by molar-refractivity contribution is -0.384. The third-order valence-corrected chi connectivity index (χ3v) is 5.30. The molecular formula is C24H29N3O5. The SMILES string of the molecule is CN1CN(C[C@@H](OC(=O)Oc2ccc([N+](=O)[O-])cc2)C(C)(C)C)C=C1Cc1ccccc1. The number of likely N-dealkylation sites (N-methyl/N-ethyl adjacent to an activating group) is 1. The van der Waals surface area contributed by atoms with Gasteiger partial charge in [0.15, 0.2) is 0 Å². The van der Waals surface area contributed by atoms with Gasteiger partial charge >= 0.3 is 6.16 Å². The van der Waals surface area contributed by atoms with Crippen molar-refractivity contribution in [3.05, 3.63) is 82.2 Å². The van der Waals surface area contributed by atoms with Gasteiger partial charge in [-0.25, -0.2) is 4.79 Å². The topological polar surface area (TPSA) is 85.2 Å². The number of nitro benzene ring substituents is 1. The van der Waals surface area contributed by atoms with E-state index < -0.39 is 17.2 Å². The Bertz CT molecular complexity index is 967. The molecule has 0 saturated carbocycles. The van der Waals surface area contributed by atoms with Crippen molar-refractivity contribution in [3.63, 3.8) is 0 Å². The second kappa shape index (κ2) is 9.72. The molecule has 0 amide bonds. The molecule has 2 aromatic carbocycles. The highest BCUT2D eigenvalue weighted by Gasteiger charge is 2.32. The van der Waals surface area contributed by atoms with Crippen LogP contribution in [0.15, 0.2) is 66.5 Å². The van der Waals surface area contributed by atoms with E-state index in [-0.39, 0.29) is 16.9 Å². The molecular weight excluding hydrogens is 410 g/mol. The van der Waals surface area contributed by atoms with Gasteiger partial charge in [0.1, 0.15) is 11.9 Å². The zero-order valence-corrected chi connectivity index (χ0v) is 18.9. The van der Waals surface area contributed by atoms with Crippen molar-refractivity contribution >= 4 is 11.8 Å². The number of allylic oxidation sites excluding steroid dienone is 1. The zero-order chi connectivity index (χ0) is 23.3. The minimum Gasteiger partial charge on any atom is -0.428 e. The summed E-state index contributed by atoms with van der Waals surface area (Å²) in [6, 6.07) is 15.6. The molecule has 0 unspecified atom stereocenters. The maximum Gasteiger partial charge on any atom is 0.514 e. The van der Waals surface area contributed by atoms with Crippen molar-refractivity contribution in [1.29, 1.82) is 0 Å². The Morgan fingerprint density at radius 3 is 2.38 bits per heavy atom. The average Bonchev–Trinajstić information content (AvgIpc) is 3.06. The monoisotopic (exact) mass is 439 g/mol. The second-order valence-electron chi connectivity index (χ2n) is 8.97. The molecule has 0 bridgehead atoms. The van der Waals surface area contributed by atoms with Crippen LogP contribution in [-0.2, 0) is 11.2 Å². The molecule has 170 valence electrons. The first-order chi connectivity index (χ1) is 15.1. The van der Waals surface area contributed by atoms with Crippen LogP contribution in [0, 0.1) is 15.5 Å². The number of hydrogen-bond acceptors (Lipinski definition) is 7. The standard InChI is InChI=1S/C24H29N3O5/c1-24(2,3)22(32-23(28)31-21-12-10-19(11-13-21)27(29)30)16-26-15-20(25(4)17-26)14-18-8-6-5-7-9-18/h5-13,15,22H,14,16-17H2,1-4H3/t22-/m1/s1. The normalized spacial score (nSPS) is 14.7. The van der Waals surface area contributed by atoms with E-state index >= 15 is 0 Å². The Labute approximate surface area is 188 Å². The van der Waals surface area contributed by atoms with Crippen LogP contribution >= 0.6 is 0 Å². The van der Waals surface area contributed by atoms with Gasteiger partial charge in [-0.1, -0.05) is 51.1 Å². The third kappa shape index (κ3) is 6.23. The van der Waals surface area contributed by atoms with Gasteiger partial charge in [0.2, 0.25) is 0 Å². The Morgan fingerprint density at radius 1 is 1.12 bits per heavy atom. The van der Waals surface area contributed by atoms with E-state index in [2.05, 4.69) is 28.1 Å². The van der Waals surface area contributed by atoms with Gasteiger partial charge in [-0.3, -0.25) is 10.1 Å². The first kappa shape index (κ1) is 23.1. The lowest BCUT2D eigenvalue weighted by Gasteiger charge is -2.33. The fourth-order valence-electron chi connectivity index (χ4n) is 3.38. The molecule has 1 aliphatic heterocycles. The van der Waals surface area contributed by atoms with Crippen LogP contribution in [0.1, 0.15) is 26.3 Å². The summed E-state index contributed by atoms with van der Waals surface area (Å²) in [6.07, 6.45) is 1.68. The number of benzene rings is 2. The second-order valence-corrected chi connectivity index (χ2v) is 8.97. The highest BCUT2D eigenvalue weighted by Crippen LogP contribution is 2.27. The molecule has 0 saturated heterocycles. The molecule has 0 radical (unpaired) electrons. The van der Waals surface area contributed by atoms with Crippen LogP contribution in [0.5, 0.6) is 5.75 Å². The molecule has 1 heterocycles. The van der Waals surface area contributed by atoms with E-state index in [1.54, 1.807) is 0 Å². The summed E-state index contributed by atoms with van der Waals surface area (Å²) >= 11 is 0. The first-order valence-corrected chi connectivity index (χ1v) is 10.4. The number of hydrogen-bond donors (Lipinski definition) is 0. The van der Waals surface area contributed by atoms with Gasteiger partial charge in [0.05, 0.1) is 18.1 Å². The minimum atomic E-state index is -0.834. The lowest BCUT2D eigenvalue weighted by atomic mass is 9.88. The summed E-state index contributed by atoms with van der Waals surface area (Å²) in [5.41, 5.74) is 2.04. The number of non-ortho nitro benzene ring substituents is 1. The third-order valence-electron chi connectivity index (χ3n) is 5.30. The molecule has 0 N–H and O–H groups in total. The van der Waals surface area contributed by atoms with Crippen LogP contribution in [0.4, 0.5) is 10.5 Å². The molecule has 0 aromatic heterocycles. The fraction of sp³-hybridized carbons (Fsp3) is 0.375. The summed E-state index contributed by atoms with van der Waals surface area (Å²) in [4.78, 5) is 27.0. The van der Waals surface area contributed by atoms with Gasteiger partial charge in [0.25, 0.3) is 5.69 Å². The van der Waals surface area contributed by atoms with Crippen molar-refractivity contribution in [3.8, 4) is 5.75 Å². The van der Waals surface area contributed by atoms with Crippen LogP contribution < -0.4 is 4.74 Å². The number of carbonyl (C=O) groups excluding carboxylic acids is 1. The molecule has 1 aliphatic rings. The number of nitro groups is 1. The van der Waals surface area contributed by atoms with Crippen molar-refractivity contribution in [2.45, 2.75) is 33.3 Å². The number of carbonyl (C=O) groups is 1.